The van der Waals surface area contributed by atoms with Gasteiger partial charge in [-0.15, -0.1) is 0 Å². The van der Waals surface area contributed by atoms with E-state index in [1.54, 1.807) is 0 Å². The maximum atomic E-state index is 8.88. The maximum Gasteiger partial charge on any atom is 2.00 e. The molecule has 0 amide bonds. The van der Waals surface area contributed by atoms with Gasteiger partial charge in [0, 0.05) is 0 Å². The molecule has 5 N–H and O–H groups in total. The molecule has 0 aromatic rings. The Kier molecular flexibility index (Phi) is 68.7. The van der Waals surface area contributed by atoms with Crippen molar-refractivity contribution >= 4 is 45.6 Å². The maximum absolute atomic E-state index is 8.88. The van der Waals surface area contributed by atoms with Crippen molar-refractivity contribution in [3.8, 4) is 0 Å². The molecule has 0 aromatic carbocycles. The van der Waals surface area contributed by atoms with Gasteiger partial charge in [0.05, 0.1) is 0 Å². The zero-order chi connectivity index (χ0) is 4.50. The molecule has 0 aromatic heterocycles. The van der Waals surface area contributed by atoms with Gasteiger partial charge in [0.25, 0.3) is 0 Å². The Morgan fingerprint density at radius 1 is 1.10 bits per heavy atom. The fourth-order valence-electron chi connectivity index (χ4n) is 0. The van der Waals surface area contributed by atoms with E-state index in [4.69, 9.17) is 19.2 Å². The average Bonchev–Trinajstić information content (AvgIpc) is 0.722. The first-order chi connectivity index (χ1) is 2.00. The van der Waals surface area contributed by atoms with Gasteiger partial charge in [-0.05, 0) is 0 Å². The van der Waals surface area contributed by atoms with Gasteiger partial charge in [0.1, 0.15) is 0 Å². The van der Waals surface area contributed by atoms with Crippen LogP contribution in [0.3, 0.4) is 0 Å². The third-order valence-corrected chi connectivity index (χ3v) is 0. The standard InChI is InChI=1S/Ca.2ClH.Li.H3O4P.H2O.H/c;;;;1-5(2,3)4;;/h;2*1H;;(H3,1,2,3,4);1H2;/q+2;;;+1;;;-1/p-2. The minimum atomic E-state index is -4.64. The summed E-state index contributed by atoms with van der Waals surface area (Å²) in [5.41, 5.74) is 0. The Bertz CT molecular complexity index is 70.6. The van der Waals surface area contributed by atoms with Crippen molar-refractivity contribution in [1.82, 2.24) is 0 Å². The summed E-state index contributed by atoms with van der Waals surface area (Å²) in [7, 11) is -4.64. The van der Waals surface area contributed by atoms with E-state index < -0.39 is 7.82 Å². The van der Waals surface area contributed by atoms with E-state index in [2.05, 4.69) is 0 Å². The molecule has 0 saturated heterocycles. The molecule has 0 aliphatic rings. The molecule has 0 fully saturated rings. The fourth-order valence-corrected chi connectivity index (χ4v) is 0. The number of phosphoric acid groups is 1. The van der Waals surface area contributed by atoms with Gasteiger partial charge in [-0.25, -0.2) is 4.57 Å². The Labute approximate surface area is 114 Å². The Morgan fingerprint density at radius 3 is 1.10 bits per heavy atom. The second-order valence-corrected chi connectivity index (χ2v) is 1.54. The SMILES string of the molecule is O.O=P(O)(O)O.[Ca+2].[Cl-].[Cl-].[H-].[Li+]. The van der Waals surface area contributed by atoms with Gasteiger partial charge in [0.15, 0.2) is 0 Å². The Hall–Kier alpha value is 2.51. The molecule has 0 spiro atoms. The first-order valence-corrected chi connectivity index (χ1v) is 2.35. The molecule has 0 atom stereocenters. The van der Waals surface area contributed by atoms with Crippen LogP contribution in [0.1, 0.15) is 1.43 Å². The minimum Gasteiger partial charge on any atom is -1.00 e. The summed E-state index contributed by atoms with van der Waals surface area (Å²) in [5, 5.41) is 0. The van der Waals surface area contributed by atoms with E-state index in [0.717, 1.165) is 0 Å². The van der Waals surface area contributed by atoms with Gasteiger partial charge < -0.3 is 46.4 Å². The summed E-state index contributed by atoms with van der Waals surface area (Å²) in [6.07, 6.45) is 0. The second-order valence-electron chi connectivity index (χ2n) is 0.513. The summed E-state index contributed by atoms with van der Waals surface area (Å²) in [6, 6.07) is 0. The van der Waals surface area contributed by atoms with Crippen LogP contribution in [-0.2, 0) is 4.57 Å². The zero-order valence-electron chi connectivity index (χ0n) is 6.16. The van der Waals surface area contributed by atoms with Crippen LogP contribution in [0.4, 0.5) is 0 Å². The molecule has 0 bridgehead atoms. The van der Waals surface area contributed by atoms with Crippen molar-refractivity contribution in [2.75, 3.05) is 0 Å². The van der Waals surface area contributed by atoms with Gasteiger partial charge >= 0.3 is 64.4 Å². The van der Waals surface area contributed by atoms with E-state index in [1.807, 2.05) is 0 Å². The van der Waals surface area contributed by atoms with Gasteiger partial charge in [-0.2, -0.15) is 0 Å². The molecule has 0 saturated carbocycles. The molecule has 10 heteroatoms. The van der Waals surface area contributed by atoms with E-state index >= 15 is 0 Å². The van der Waals surface area contributed by atoms with Crippen molar-refractivity contribution in [2.24, 2.45) is 0 Å². The third kappa shape index (κ3) is 151. The van der Waals surface area contributed by atoms with Crippen LogP contribution in [-0.4, -0.2) is 57.9 Å². The Morgan fingerprint density at radius 2 is 1.10 bits per heavy atom. The van der Waals surface area contributed by atoms with E-state index in [9.17, 15) is 0 Å². The van der Waals surface area contributed by atoms with E-state index in [0.29, 0.717) is 0 Å². The molecule has 0 aliphatic carbocycles. The van der Waals surface area contributed by atoms with Gasteiger partial charge in [-0.3, -0.25) is 0 Å². The molecular formula is H6CaCl2LiO5P. The van der Waals surface area contributed by atoms with Crippen LogP contribution in [0.25, 0.3) is 0 Å². The molecular weight excluding hydrogens is 229 g/mol. The number of hydrogen-bond acceptors (Lipinski definition) is 1. The molecule has 5 nitrogen and oxygen atoms in total. The summed E-state index contributed by atoms with van der Waals surface area (Å²) >= 11 is 0. The quantitative estimate of drug-likeness (QED) is 0.286. The summed E-state index contributed by atoms with van der Waals surface area (Å²) < 4.78 is 8.88. The molecule has 0 rings (SSSR count). The fraction of sp³-hybridized carbons (Fsp3) is 0. The van der Waals surface area contributed by atoms with Crippen LogP contribution >= 0.6 is 7.82 Å². The van der Waals surface area contributed by atoms with Gasteiger partial charge in [-0.1, -0.05) is 0 Å². The second kappa shape index (κ2) is 17.6. The van der Waals surface area contributed by atoms with Crippen LogP contribution in [0.15, 0.2) is 0 Å². The zero-order valence-corrected chi connectivity index (χ0v) is 9.77. The molecule has 58 valence electrons. The van der Waals surface area contributed by atoms with Crippen molar-refractivity contribution in [3.05, 3.63) is 0 Å². The molecule has 10 heavy (non-hydrogen) atoms. The summed E-state index contributed by atoms with van der Waals surface area (Å²) in [4.78, 5) is 21.6. The van der Waals surface area contributed by atoms with Crippen LogP contribution in [0.5, 0.6) is 0 Å². The third-order valence-electron chi connectivity index (χ3n) is 0. The number of halogens is 2. The van der Waals surface area contributed by atoms with Crippen molar-refractivity contribution < 1.29 is 69.8 Å². The first kappa shape index (κ1) is 39.1. The average molecular weight is 235 g/mol. The molecule has 0 unspecified atom stereocenters. The van der Waals surface area contributed by atoms with Crippen molar-refractivity contribution in [1.29, 1.82) is 0 Å². The van der Waals surface area contributed by atoms with Gasteiger partial charge in [0.2, 0.25) is 0 Å². The van der Waals surface area contributed by atoms with E-state index in [1.165, 1.54) is 0 Å². The number of hydrogen-bond donors (Lipinski definition) is 3. The molecule has 0 radical (unpaired) electrons. The summed E-state index contributed by atoms with van der Waals surface area (Å²) in [6.45, 7) is 0. The van der Waals surface area contributed by atoms with E-state index in [-0.39, 0.29) is 88.3 Å². The predicted octanol–water partition coefficient (Wildman–Crippen LogP) is -11.0. The molecule has 0 heterocycles. The predicted molar refractivity (Wildman–Crippen MR) is 24.7 cm³/mol. The van der Waals surface area contributed by atoms with Crippen LogP contribution < -0.4 is 43.7 Å². The molecule has 0 aliphatic heterocycles. The monoisotopic (exact) mass is 234 g/mol. The number of rotatable bonds is 0. The van der Waals surface area contributed by atoms with Crippen molar-refractivity contribution in [2.45, 2.75) is 0 Å². The first-order valence-electron chi connectivity index (χ1n) is 0.783. The topological polar surface area (TPSA) is 109 Å². The summed E-state index contributed by atoms with van der Waals surface area (Å²) in [5.74, 6) is 0. The van der Waals surface area contributed by atoms with Crippen LogP contribution in [0.2, 0.25) is 0 Å². The Balaban J connectivity index is -0.00000000533. The largest absolute Gasteiger partial charge is 2.00 e. The minimum absolute atomic E-state index is 0. The van der Waals surface area contributed by atoms with Crippen LogP contribution in [0, 0.1) is 0 Å². The smallest absolute Gasteiger partial charge is 1.00 e. The van der Waals surface area contributed by atoms with Crippen molar-refractivity contribution in [3.63, 3.8) is 0 Å². The normalized spacial score (nSPS) is 5.90.